The number of hydrogen-bond donors (Lipinski definition) is 1. The summed E-state index contributed by atoms with van der Waals surface area (Å²) >= 11 is 0. The number of nitrogens with one attached hydrogen (secondary N) is 1. The number of benzene rings is 1. The van der Waals surface area contributed by atoms with E-state index < -0.39 is 12.8 Å². The van der Waals surface area contributed by atoms with Gasteiger partial charge in [0.2, 0.25) is 0 Å². The zero-order valence-corrected chi connectivity index (χ0v) is 12.8. The minimum absolute atomic E-state index is 0.182. The highest BCUT2D eigenvalue weighted by Gasteiger charge is 2.28. The average Bonchev–Trinajstić information content (AvgIpc) is 2.92. The topological polar surface area (TPSA) is 52.0 Å². The van der Waals surface area contributed by atoms with Crippen LogP contribution >= 0.6 is 0 Å². The normalized spacial score (nSPS) is 11.7. The molecule has 0 aliphatic carbocycles. The second-order valence-electron chi connectivity index (χ2n) is 5.30. The summed E-state index contributed by atoms with van der Waals surface area (Å²) in [5, 5.41) is 8.51. The molecule has 3 rings (SSSR count). The summed E-state index contributed by atoms with van der Waals surface area (Å²) in [7, 11) is 1.84. The summed E-state index contributed by atoms with van der Waals surface area (Å²) in [4.78, 5) is 4.27. The lowest BCUT2D eigenvalue weighted by molar-refractivity contribution is -0.153. The Morgan fingerprint density at radius 2 is 1.92 bits per heavy atom. The fraction of sp³-hybridized carbons (Fsp3) is 0.250. The lowest BCUT2D eigenvalue weighted by atomic mass is 10.2. The van der Waals surface area contributed by atoms with Gasteiger partial charge in [0.05, 0.1) is 0 Å². The maximum atomic E-state index is 12.1. The number of ether oxygens (including phenoxy) is 1. The number of rotatable bonds is 5. The molecule has 3 aromatic rings. The number of aromatic nitrogens is 3. The van der Waals surface area contributed by atoms with Gasteiger partial charge in [0, 0.05) is 31.4 Å². The molecule has 0 amide bonds. The molecule has 0 saturated carbocycles. The van der Waals surface area contributed by atoms with Gasteiger partial charge in [0.25, 0.3) is 0 Å². The molecule has 2 heterocycles. The van der Waals surface area contributed by atoms with Crippen molar-refractivity contribution < 1.29 is 17.9 Å². The van der Waals surface area contributed by atoms with Crippen LogP contribution in [0, 0.1) is 0 Å². The fourth-order valence-electron chi connectivity index (χ4n) is 2.25. The van der Waals surface area contributed by atoms with E-state index in [1.807, 2.05) is 19.3 Å². The number of anilines is 1. The van der Waals surface area contributed by atoms with Crippen LogP contribution in [0.5, 0.6) is 5.75 Å². The molecule has 8 heteroatoms. The minimum Gasteiger partial charge on any atom is -0.484 e. The SMILES string of the molecule is Cn1cc2ccnc(NCc3ccc(OCC(F)(F)F)cc3)c2n1. The van der Waals surface area contributed by atoms with Crippen molar-refractivity contribution >= 4 is 16.7 Å². The van der Waals surface area contributed by atoms with Crippen molar-refractivity contribution in [3.05, 3.63) is 48.3 Å². The molecule has 1 aromatic carbocycles. The summed E-state index contributed by atoms with van der Waals surface area (Å²) in [6.45, 7) is -0.821. The Labute approximate surface area is 136 Å². The molecule has 0 saturated heterocycles. The van der Waals surface area contributed by atoms with E-state index in [2.05, 4.69) is 20.1 Å². The van der Waals surface area contributed by atoms with E-state index in [1.165, 1.54) is 12.1 Å². The van der Waals surface area contributed by atoms with E-state index in [0.29, 0.717) is 12.4 Å². The van der Waals surface area contributed by atoms with Gasteiger partial charge in [0.15, 0.2) is 12.4 Å². The van der Waals surface area contributed by atoms with Crippen LogP contribution in [0.3, 0.4) is 0 Å². The van der Waals surface area contributed by atoms with E-state index in [0.717, 1.165) is 16.5 Å². The van der Waals surface area contributed by atoms with Gasteiger partial charge in [0.1, 0.15) is 11.3 Å². The molecule has 0 fully saturated rings. The molecule has 0 unspecified atom stereocenters. The molecule has 0 bridgehead atoms. The second-order valence-corrected chi connectivity index (χ2v) is 5.30. The Morgan fingerprint density at radius 1 is 1.17 bits per heavy atom. The Hall–Kier alpha value is -2.77. The maximum Gasteiger partial charge on any atom is 0.422 e. The molecule has 0 aliphatic heterocycles. The molecule has 126 valence electrons. The zero-order valence-electron chi connectivity index (χ0n) is 12.8. The predicted octanol–water partition coefficient (Wildman–Crippen LogP) is 3.52. The van der Waals surface area contributed by atoms with Crippen LogP contribution in [-0.4, -0.2) is 27.5 Å². The molecule has 0 radical (unpaired) electrons. The molecule has 0 aliphatic rings. The van der Waals surface area contributed by atoms with Crippen molar-refractivity contribution in [2.75, 3.05) is 11.9 Å². The molecular weight excluding hydrogens is 321 g/mol. The van der Waals surface area contributed by atoms with E-state index in [4.69, 9.17) is 0 Å². The molecule has 0 spiro atoms. The lowest BCUT2D eigenvalue weighted by Crippen LogP contribution is -2.19. The van der Waals surface area contributed by atoms with Crippen LogP contribution < -0.4 is 10.1 Å². The maximum absolute atomic E-state index is 12.1. The number of hydrogen-bond acceptors (Lipinski definition) is 4. The molecule has 0 atom stereocenters. The third-order valence-electron chi connectivity index (χ3n) is 3.32. The van der Waals surface area contributed by atoms with Crippen molar-refractivity contribution in [3.63, 3.8) is 0 Å². The molecule has 5 nitrogen and oxygen atoms in total. The molecule has 1 N–H and O–H groups in total. The molecule has 24 heavy (non-hydrogen) atoms. The fourth-order valence-corrected chi connectivity index (χ4v) is 2.25. The van der Waals surface area contributed by atoms with Gasteiger partial charge in [-0.15, -0.1) is 0 Å². The monoisotopic (exact) mass is 336 g/mol. The van der Waals surface area contributed by atoms with Crippen molar-refractivity contribution in [2.45, 2.75) is 12.7 Å². The van der Waals surface area contributed by atoms with Gasteiger partial charge in [-0.05, 0) is 23.8 Å². The summed E-state index contributed by atoms with van der Waals surface area (Å²) in [6, 6.07) is 8.31. The summed E-state index contributed by atoms with van der Waals surface area (Å²) in [5.74, 6) is 0.839. The standard InChI is InChI=1S/C16H15F3N4O/c1-23-9-12-6-7-20-15(14(12)22-23)21-8-11-2-4-13(5-3-11)24-10-16(17,18)19/h2-7,9H,8,10H2,1H3,(H,20,21). The first-order valence-electron chi connectivity index (χ1n) is 7.21. The van der Waals surface area contributed by atoms with Gasteiger partial charge in [-0.3, -0.25) is 4.68 Å². The Kier molecular flexibility index (Phi) is 4.28. The van der Waals surface area contributed by atoms with Gasteiger partial charge in [-0.1, -0.05) is 12.1 Å². The van der Waals surface area contributed by atoms with Crippen LogP contribution in [0.15, 0.2) is 42.7 Å². The minimum atomic E-state index is -4.34. The van der Waals surface area contributed by atoms with E-state index in [-0.39, 0.29) is 5.75 Å². The number of halogens is 3. The zero-order chi connectivity index (χ0) is 17.2. The highest BCUT2D eigenvalue weighted by molar-refractivity contribution is 5.87. The molecular formula is C16H15F3N4O. The summed E-state index contributed by atoms with van der Waals surface area (Å²) in [6.07, 6.45) is -0.747. The van der Waals surface area contributed by atoms with Crippen LogP contribution in [0.4, 0.5) is 19.0 Å². The van der Waals surface area contributed by atoms with Gasteiger partial charge >= 0.3 is 6.18 Å². The quantitative estimate of drug-likeness (QED) is 0.774. The summed E-state index contributed by atoms with van der Waals surface area (Å²) < 4.78 is 42.7. The van der Waals surface area contributed by atoms with Crippen molar-refractivity contribution in [3.8, 4) is 5.75 Å². The van der Waals surface area contributed by atoms with E-state index >= 15 is 0 Å². The second kappa shape index (κ2) is 6.38. The van der Waals surface area contributed by atoms with E-state index in [9.17, 15) is 13.2 Å². The molecule has 2 aromatic heterocycles. The highest BCUT2D eigenvalue weighted by atomic mass is 19.4. The van der Waals surface area contributed by atoms with Crippen molar-refractivity contribution in [1.29, 1.82) is 0 Å². The average molecular weight is 336 g/mol. The van der Waals surface area contributed by atoms with Gasteiger partial charge in [-0.25, -0.2) is 4.98 Å². The lowest BCUT2D eigenvalue weighted by Gasteiger charge is -2.10. The van der Waals surface area contributed by atoms with Crippen LogP contribution in [-0.2, 0) is 13.6 Å². The third-order valence-corrected chi connectivity index (χ3v) is 3.32. The Bertz CT molecular complexity index is 827. The number of alkyl halides is 3. The predicted molar refractivity (Wildman–Crippen MR) is 83.8 cm³/mol. The van der Waals surface area contributed by atoms with Crippen molar-refractivity contribution in [2.24, 2.45) is 7.05 Å². The van der Waals surface area contributed by atoms with Crippen LogP contribution in [0.1, 0.15) is 5.56 Å². The highest BCUT2D eigenvalue weighted by Crippen LogP contribution is 2.21. The summed E-state index contributed by atoms with van der Waals surface area (Å²) in [5.41, 5.74) is 1.66. The third kappa shape index (κ3) is 3.95. The first-order valence-corrected chi connectivity index (χ1v) is 7.21. The first kappa shape index (κ1) is 16.1. The van der Waals surface area contributed by atoms with Crippen LogP contribution in [0.25, 0.3) is 10.9 Å². The number of pyridine rings is 1. The smallest absolute Gasteiger partial charge is 0.422 e. The van der Waals surface area contributed by atoms with Crippen molar-refractivity contribution in [1.82, 2.24) is 14.8 Å². The first-order chi connectivity index (χ1) is 11.4. The Morgan fingerprint density at radius 3 is 2.62 bits per heavy atom. The largest absolute Gasteiger partial charge is 0.484 e. The Balaban J connectivity index is 1.64. The van der Waals surface area contributed by atoms with Gasteiger partial charge < -0.3 is 10.1 Å². The van der Waals surface area contributed by atoms with E-state index in [1.54, 1.807) is 23.0 Å². The number of fused-ring (bicyclic) bond motifs is 1. The number of nitrogens with zero attached hydrogens (tertiary/aromatic N) is 3. The number of aryl methyl sites for hydroxylation is 1. The van der Waals surface area contributed by atoms with Gasteiger partial charge in [-0.2, -0.15) is 18.3 Å². The van der Waals surface area contributed by atoms with Crippen LogP contribution in [0.2, 0.25) is 0 Å².